The highest BCUT2D eigenvalue weighted by Gasteiger charge is 2.12. The number of carbonyl (C=O) groups is 1. The van der Waals surface area contributed by atoms with Crippen LogP contribution in [0.3, 0.4) is 0 Å². The first kappa shape index (κ1) is 13.4. The van der Waals surface area contributed by atoms with Crippen LogP contribution in [0.15, 0.2) is 55.1 Å². The molecule has 0 aliphatic rings. The maximum atomic E-state index is 11.0. The van der Waals surface area contributed by atoms with Crippen LogP contribution in [-0.2, 0) is 7.05 Å². The highest BCUT2D eigenvalue weighted by molar-refractivity contribution is 5.90. The summed E-state index contributed by atoms with van der Waals surface area (Å²) in [7, 11) is 2.04. The number of rotatable bonds is 3. The number of aryl methyl sites for hydroxylation is 2. The van der Waals surface area contributed by atoms with Crippen molar-refractivity contribution in [2.75, 3.05) is 0 Å². The Labute approximate surface area is 124 Å². The Bertz CT molecular complexity index is 855. The third kappa shape index (κ3) is 2.19. The van der Waals surface area contributed by atoms with Crippen LogP contribution in [0.1, 0.15) is 27.2 Å². The van der Waals surface area contributed by atoms with Gasteiger partial charge in [-0.1, -0.05) is 36.9 Å². The van der Waals surface area contributed by atoms with Crippen LogP contribution in [0.5, 0.6) is 0 Å². The summed E-state index contributed by atoms with van der Waals surface area (Å²) in [6.45, 7) is 6.29. The van der Waals surface area contributed by atoms with Crippen molar-refractivity contribution in [2.24, 2.45) is 7.05 Å². The molecule has 3 aromatic rings. The van der Waals surface area contributed by atoms with Crippen LogP contribution < -0.4 is 0 Å². The summed E-state index contributed by atoms with van der Waals surface area (Å²) in [6.07, 6.45) is 0.873. The van der Waals surface area contributed by atoms with E-state index in [4.69, 9.17) is 0 Å². The van der Waals surface area contributed by atoms with Gasteiger partial charge in [-0.05, 0) is 41.8 Å². The number of para-hydroxylation sites is 1. The number of hydrogen-bond acceptors (Lipinski definition) is 1. The van der Waals surface area contributed by atoms with E-state index in [-0.39, 0.29) is 0 Å². The number of nitrogens with zero attached hydrogens (tertiary/aromatic N) is 1. The summed E-state index contributed by atoms with van der Waals surface area (Å²) in [5.41, 5.74) is 6.01. The molecule has 2 nitrogen and oxygen atoms in total. The quantitative estimate of drug-likeness (QED) is 0.651. The minimum atomic E-state index is 0.676. The average Bonchev–Trinajstić information content (AvgIpc) is 2.85. The zero-order chi connectivity index (χ0) is 15.0. The molecule has 1 aromatic heterocycles. The summed E-state index contributed by atoms with van der Waals surface area (Å²) in [6, 6.07) is 16.1. The molecule has 1 heterocycles. The normalized spacial score (nSPS) is 10.8. The number of aldehydes is 1. The highest BCUT2D eigenvalue weighted by Crippen LogP contribution is 2.29. The molecule has 2 aromatic carbocycles. The van der Waals surface area contributed by atoms with Gasteiger partial charge >= 0.3 is 0 Å². The summed E-state index contributed by atoms with van der Waals surface area (Å²) in [5, 5.41) is 1.19. The van der Waals surface area contributed by atoms with Gasteiger partial charge in [-0.3, -0.25) is 4.79 Å². The molecule has 0 aliphatic heterocycles. The van der Waals surface area contributed by atoms with Crippen molar-refractivity contribution in [3.63, 3.8) is 0 Å². The van der Waals surface area contributed by atoms with Crippen LogP contribution in [0.4, 0.5) is 0 Å². The fraction of sp³-hybridized carbons (Fsp3) is 0.105. The smallest absolute Gasteiger partial charge is 0.150 e. The van der Waals surface area contributed by atoms with E-state index in [1.807, 2.05) is 44.3 Å². The lowest BCUT2D eigenvalue weighted by Gasteiger charge is -2.11. The second-order valence-corrected chi connectivity index (χ2v) is 5.32. The number of benzene rings is 2. The van der Waals surface area contributed by atoms with Gasteiger partial charge in [0.05, 0.1) is 0 Å². The van der Waals surface area contributed by atoms with Crippen LogP contribution >= 0.6 is 0 Å². The van der Waals surface area contributed by atoms with E-state index >= 15 is 0 Å². The standard InChI is InChI=1S/C19H17NO/c1-13-8-9-15(12-21)10-17(13)14(2)19-11-16-6-4-5-7-18(16)20(19)3/h4-12H,2H2,1,3H3. The van der Waals surface area contributed by atoms with Gasteiger partial charge in [0.2, 0.25) is 0 Å². The van der Waals surface area contributed by atoms with E-state index in [1.165, 1.54) is 10.9 Å². The first-order chi connectivity index (χ1) is 10.1. The molecular weight excluding hydrogens is 258 g/mol. The summed E-state index contributed by atoms with van der Waals surface area (Å²) in [4.78, 5) is 11.0. The molecule has 0 unspecified atom stereocenters. The monoisotopic (exact) mass is 275 g/mol. The zero-order valence-corrected chi connectivity index (χ0v) is 12.3. The van der Waals surface area contributed by atoms with Gasteiger partial charge in [-0.25, -0.2) is 0 Å². The fourth-order valence-electron chi connectivity index (χ4n) is 2.75. The minimum absolute atomic E-state index is 0.676. The van der Waals surface area contributed by atoms with Crippen LogP contribution in [0, 0.1) is 6.92 Å². The van der Waals surface area contributed by atoms with E-state index in [9.17, 15) is 4.79 Å². The van der Waals surface area contributed by atoms with Gasteiger partial charge in [0, 0.05) is 29.2 Å². The third-order valence-corrected chi connectivity index (χ3v) is 3.98. The first-order valence-electron chi connectivity index (χ1n) is 6.92. The Morgan fingerprint density at radius 3 is 2.62 bits per heavy atom. The van der Waals surface area contributed by atoms with E-state index in [1.54, 1.807) is 0 Å². The molecule has 0 amide bonds. The van der Waals surface area contributed by atoms with Crippen molar-refractivity contribution in [2.45, 2.75) is 6.92 Å². The van der Waals surface area contributed by atoms with Crippen molar-refractivity contribution < 1.29 is 4.79 Å². The topological polar surface area (TPSA) is 22.0 Å². The van der Waals surface area contributed by atoms with Crippen molar-refractivity contribution >= 4 is 22.8 Å². The van der Waals surface area contributed by atoms with Crippen LogP contribution in [-0.4, -0.2) is 10.9 Å². The summed E-state index contributed by atoms with van der Waals surface area (Å²) >= 11 is 0. The number of aromatic nitrogens is 1. The predicted molar refractivity (Wildman–Crippen MR) is 87.6 cm³/mol. The maximum absolute atomic E-state index is 11.0. The van der Waals surface area contributed by atoms with Crippen LogP contribution in [0.2, 0.25) is 0 Å². The van der Waals surface area contributed by atoms with Gasteiger partial charge in [0.15, 0.2) is 0 Å². The van der Waals surface area contributed by atoms with Gasteiger partial charge in [0.1, 0.15) is 6.29 Å². The molecule has 2 heteroatoms. The average molecular weight is 275 g/mol. The number of hydrogen-bond donors (Lipinski definition) is 0. The molecule has 21 heavy (non-hydrogen) atoms. The molecule has 0 saturated heterocycles. The third-order valence-electron chi connectivity index (χ3n) is 3.98. The van der Waals surface area contributed by atoms with Gasteiger partial charge in [0.25, 0.3) is 0 Å². The lowest BCUT2D eigenvalue weighted by Crippen LogP contribution is -1.98. The number of fused-ring (bicyclic) bond motifs is 1. The summed E-state index contributed by atoms with van der Waals surface area (Å²) in [5.74, 6) is 0. The van der Waals surface area contributed by atoms with Gasteiger partial charge in [-0.2, -0.15) is 0 Å². The van der Waals surface area contributed by atoms with Gasteiger partial charge in [-0.15, -0.1) is 0 Å². The second kappa shape index (κ2) is 5.06. The van der Waals surface area contributed by atoms with E-state index in [2.05, 4.69) is 29.3 Å². The Morgan fingerprint density at radius 1 is 1.14 bits per heavy atom. The van der Waals surface area contributed by atoms with Crippen molar-refractivity contribution in [3.05, 3.63) is 77.5 Å². The second-order valence-electron chi connectivity index (χ2n) is 5.32. The van der Waals surface area contributed by atoms with E-state index in [0.717, 1.165) is 28.7 Å². The van der Waals surface area contributed by atoms with Gasteiger partial charge < -0.3 is 4.57 Å². The Hall–Kier alpha value is -2.61. The molecule has 3 rings (SSSR count). The zero-order valence-electron chi connectivity index (χ0n) is 12.3. The molecular formula is C19H17NO. The SMILES string of the molecule is C=C(c1cc(C=O)ccc1C)c1cc2ccccc2n1C. The molecule has 0 fully saturated rings. The highest BCUT2D eigenvalue weighted by atomic mass is 16.1. The van der Waals surface area contributed by atoms with E-state index in [0.29, 0.717) is 5.56 Å². The largest absolute Gasteiger partial charge is 0.344 e. The fourth-order valence-corrected chi connectivity index (χ4v) is 2.75. The predicted octanol–water partition coefficient (Wildman–Crippen LogP) is 4.36. The molecule has 0 spiro atoms. The lowest BCUT2D eigenvalue weighted by atomic mass is 9.97. The molecule has 0 radical (unpaired) electrons. The van der Waals surface area contributed by atoms with Crippen molar-refractivity contribution in [1.82, 2.24) is 4.57 Å². The first-order valence-corrected chi connectivity index (χ1v) is 6.92. The summed E-state index contributed by atoms with van der Waals surface area (Å²) < 4.78 is 2.14. The van der Waals surface area contributed by atoms with Crippen molar-refractivity contribution in [1.29, 1.82) is 0 Å². The molecule has 0 aliphatic carbocycles. The molecule has 104 valence electrons. The molecule has 0 saturated carbocycles. The molecule has 0 atom stereocenters. The van der Waals surface area contributed by atoms with E-state index < -0.39 is 0 Å². The maximum Gasteiger partial charge on any atom is 0.150 e. The number of carbonyl (C=O) groups excluding carboxylic acids is 1. The van der Waals surface area contributed by atoms with Crippen LogP contribution in [0.25, 0.3) is 16.5 Å². The Kier molecular flexibility index (Phi) is 3.22. The Morgan fingerprint density at radius 2 is 1.90 bits per heavy atom. The molecule has 0 N–H and O–H groups in total. The lowest BCUT2D eigenvalue weighted by molar-refractivity contribution is 0.112. The molecule has 0 bridgehead atoms. The van der Waals surface area contributed by atoms with Crippen molar-refractivity contribution in [3.8, 4) is 0 Å². The Balaban J connectivity index is 2.17. The minimum Gasteiger partial charge on any atom is -0.344 e.